The molecule has 2 heterocycles. The van der Waals surface area contributed by atoms with E-state index < -0.39 is 0 Å². The maximum atomic E-state index is 13.8. The molecule has 6 heteroatoms. The highest BCUT2D eigenvalue weighted by molar-refractivity contribution is 7.15. The quantitative estimate of drug-likeness (QED) is 0.884. The lowest BCUT2D eigenvalue weighted by molar-refractivity contribution is -0.121. The molecule has 1 fully saturated rings. The number of carbonyl (C=O) groups excluding carboxylic acids is 1. The Morgan fingerprint density at radius 3 is 2.87 bits per heavy atom. The lowest BCUT2D eigenvalue weighted by Crippen LogP contribution is -2.48. The fourth-order valence-electron chi connectivity index (χ4n) is 2.56. The molecular formula is C17H20FN3OS. The van der Waals surface area contributed by atoms with Gasteiger partial charge in [-0.3, -0.25) is 4.79 Å². The van der Waals surface area contributed by atoms with Crippen LogP contribution in [0.5, 0.6) is 0 Å². The van der Waals surface area contributed by atoms with E-state index in [9.17, 15) is 9.18 Å². The van der Waals surface area contributed by atoms with Gasteiger partial charge in [-0.05, 0) is 37.6 Å². The van der Waals surface area contributed by atoms with Gasteiger partial charge < -0.3 is 10.6 Å². The van der Waals surface area contributed by atoms with Gasteiger partial charge in [0.05, 0.1) is 5.69 Å². The van der Waals surface area contributed by atoms with Crippen LogP contribution in [0.4, 0.5) is 9.52 Å². The molecule has 2 aromatic rings. The predicted octanol–water partition coefficient (Wildman–Crippen LogP) is 2.98. The van der Waals surface area contributed by atoms with E-state index in [-0.39, 0.29) is 17.6 Å². The molecule has 1 atom stereocenters. The molecule has 0 saturated carbocycles. The summed E-state index contributed by atoms with van der Waals surface area (Å²) in [7, 11) is 0. The summed E-state index contributed by atoms with van der Waals surface area (Å²) < 4.78 is 13.8. The number of rotatable bonds is 5. The Morgan fingerprint density at radius 1 is 1.48 bits per heavy atom. The minimum Gasteiger partial charge on any atom is -0.316 e. The number of aryl methyl sites for hydroxylation is 1. The van der Waals surface area contributed by atoms with Gasteiger partial charge in [-0.1, -0.05) is 25.1 Å². The minimum atomic E-state index is -0.211. The third kappa shape index (κ3) is 3.59. The maximum Gasteiger partial charge on any atom is 0.229 e. The van der Waals surface area contributed by atoms with Crippen molar-refractivity contribution < 1.29 is 9.18 Å². The lowest BCUT2D eigenvalue weighted by Gasteiger charge is -2.31. The fourth-order valence-corrected chi connectivity index (χ4v) is 3.55. The number of thiazole rings is 1. The monoisotopic (exact) mass is 333 g/mol. The normalized spacial score (nSPS) is 16.0. The molecule has 0 radical (unpaired) electrons. The SMILES string of the molecule is Cc1nc(NC(=O)C(C)C2CNC2)sc1Cc1ccccc1F. The Labute approximate surface area is 139 Å². The van der Waals surface area contributed by atoms with Gasteiger partial charge in [0.1, 0.15) is 5.82 Å². The third-order valence-electron chi connectivity index (χ3n) is 4.37. The van der Waals surface area contributed by atoms with Crippen molar-refractivity contribution in [2.24, 2.45) is 11.8 Å². The summed E-state index contributed by atoms with van der Waals surface area (Å²) in [5.74, 6) is 0.157. The second kappa shape index (κ2) is 6.76. The van der Waals surface area contributed by atoms with Crippen molar-refractivity contribution in [1.82, 2.24) is 10.3 Å². The number of anilines is 1. The van der Waals surface area contributed by atoms with Crippen LogP contribution in [0.2, 0.25) is 0 Å². The highest BCUT2D eigenvalue weighted by atomic mass is 32.1. The van der Waals surface area contributed by atoms with Crippen LogP contribution in [0.15, 0.2) is 24.3 Å². The van der Waals surface area contributed by atoms with Gasteiger partial charge in [-0.2, -0.15) is 0 Å². The Hall–Kier alpha value is -1.79. The highest BCUT2D eigenvalue weighted by Gasteiger charge is 2.29. The minimum absolute atomic E-state index is 0.00249. The van der Waals surface area contributed by atoms with Crippen LogP contribution in [0.3, 0.4) is 0 Å². The number of carbonyl (C=O) groups is 1. The van der Waals surface area contributed by atoms with E-state index in [2.05, 4.69) is 15.6 Å². The van der Waals surface area contributed by atoms with E-state index in [0.29, 0.717) is 23.0 Å². The van der Waals surface area contributed by atoms with E-state index in [1.165, 1.54) is 17.4 Å². The number of nitrogens with one attached hydrogen (secondary N) is 2. The fraction of sp³-hybridized carbons (Fsp3) is 0.412. The van der Waals surface area contributed by atoms with Crippen molar-refractivity contribution >= 4 is 22.4 Å². The Bertz CT molecular complexity index is 712. The first-order chi connectivity index (χ1) is 11.0. The standard InChI is InChI=1S/C17H20FN3OS/c1-10(13-8-19-9-13)16(22)21-17-20-11(2)15(23-17)7-12-5-3-4-6-14(12)18/h3-6,10,13,19H,7-9H2,1-2H3,(H,20,21,22). The van der Waals surface area contributed by atoms with E-state index >= 15 is 0 Å². The van der Waals surface area contributed by atoms with Gasteiger partial charge in [0.2, 0.25) is 5.91 Å². The van der Waals surface area contributed by atoms with Crippen molar-refractivity contribution in [2.75, 3.05) is 18.4 Å². The number of halogens is 1. The summed E-state index contributed by atoms with van der Waals surface area (Å²) in [4.78, 5) is 17.6. The molecule has 1 saturated heterocycles. The highest BCUT2D eigenvalue weighted by Crippen LogP contribution is 2.27. The molecule has 1 aromatic heterocycles. The molecule has 23 heavy (non-hydrogen) atoms. The van der Waals surface area contributed by atoms with Gasteiger partial charge in [-0.15, -0.1) is 11.3 Å². The van der Waals surface area contributed by atoms with Crippen molar-refractivity contribution in [3.8, 4) is 0 Å². The van der Waals surface area contributed by atoms with Crippen molar-refractivity contribution in [3.05, 3.63) is 46.2 Å². The van der Waals surface area contributed by atoms with Crippen molar-refractivity contribution in [3.63, 3.8) is 0 Å². The molecule has 1 amide bonds. The number of hydrogen-bond donors (Lipinski definition) is 2. The topological polar surface area (TPSA) is 54.0 Å². The van der Waals surface area contributed by atoms with Crippen LogP contribution in [-0.2, 0) is 11.2 Å². The average Bonchev–Trinajstić information content (AvgIpc) is 2.79. The summed E-state index contributed by atoms with van der Waals surface area (Å²) >= 11 is 1.42. The molecule has 1 aromatic carbocycles. The van der Waals surface area contributed by atoms with Gasteiger partial charge in [-0.25, -0.2) is 9.37 Å². The summed E-state index contributed by atoms with van der Waals surface area (Å²) in [6, 6.07) is 6.74. The largest absolute Gasteiger partial charge is 0.316 e. The van der Waals surface area contributed by atoms with E-state index in [4.69, 9.17) is 0 Å². The van der Waals surface area contributed by atoms with Crippen molar-refractivity contribution in [2.45, 2.75) is 20.3 Å². The van der Waals surface area contributed by atoms with E-state index in [1.54, 1.807) is 12.1 Å². The molecule has 0 aliphatic carbocycles. The van der Waals surface area contributed by atoms with Gasteiger partial charge in [0.25, 0.3) is 0 Å². The molecule has 1 unspecified atom stereocenters. The number of hydrogen-bond acceptors (Lipinski definition) is 4. The number of aromatic nitrogens is 1. The van der Waals surface area contributed by atoms with Gasteiger partial charge in [0.15, 0.2) is 5.13 Å². The van der Waals surface area contributed by atoms with Gasteiger partial charge in [0, 0.05) is 17.2 Å². The van der Waals surface area contributed by atoms with Crippen LogP contribution in [0, 0.1) is 24.6 Å². The average molecular weight is 333 g/mol. The zero-order chi connectivity index (χ0) is 16.4. The van der Waals surface area contributed by atoms with Crippen LogP contribution < -0.4 is 10.6 Å². The van der Waals surface area contributed by atoms with Crippen LogP contribution in [0.25, 0.3) is 0 Å². The molecule has 0 bridgehead atoms. The third-order valence-corrected chi connectivity index (χ3v) is 5.44. The van der Waals surface area contributed by atoms with Gasteiger partial charge >= 0.3 is 0 Å². The Kier molecular flexibility index (Phi) is 4.73. The summed E-state index contributed by atoms with van der Waals surface area (Å²) in [5, 5.41) is 6.67. The molecule has 4 nitrogen and oxygen atoms in total. The number of amides is 1. The van der Waals surface area contributed by atoms with E-state index in [0.717, 1.165) is 23.7 Å². The molecule has 2 N–H and O–H groups in total. The first-order valence-corrected chi connectivity index (χ1v) is 8.57. The second-order valence-electron chi connectivity index (χ2n) is 5.99. The first kappa shape index (κ1) is 16.1. The Morgan fingerprint density at radius 2 is 2.22 bits per heavy atom. The van der Waals surface area contributed by atoms with E-state index in [1.807, 2.05) is 19.9 Å². The molecule has 3 rings (SSSR count). The number of benzene rings is 1. The summed E-state index contributed by atoms with van der Waals surface area (Å²) in [6.45, 7) is 5.62. The Balaban J connectivity index is 1.68. The maximum absolute atomic E-state index is 13.8. The van der Waals surface area contributed by atoms with Crippen molar-refractivity contribution in [1.29, 1.82) is 0 Å². The zero-order valence-corrected chi connectivity index (χ0v) is 14.0. The molecule has 1 aliphatic rings. The molecular weight excluding hydrogens is 313 g/mol. The first-order valence-electron chi connectivity index (χ1n) is 7.76. The molecule has 1 aliphatic heterocycles. The molecule has 0 spiro atoms. The lowest BCUT2D eigenvalue weighted by atomic mass is 9.88. The zero-order valence-electron chi connectivity index (χ0n) is 13.2. The second-order valence-corrected chi connectivity index (χ2v) is 7.08. The smallest absolute Gasteiger partial charge is 0.229 e. The molecule has 122 valence electrons. The van der Waals surface area contributed by atoms with Crippen LogP contribution in [-0.4, -0.2) is 24.0 Å². The van der Waals surface area contributed by atoms with Crippen LogP contribution in [0.1, 0.15) is 23.1 Å². The predicted molar refractivity (Wildman–Crippen MR) is 90.2 cm³/mol. The summed E-state index contributed by atoms with van der Waals surface area (Å²) in [6.07, 6.45) is 0.494. The van der Waals surface area contributed by atoms with Crippen LogP contribution >= 0.6 is 11.3 Å². The number of nitrogens with zero attached hydrogens (tertiary/aromatic N) is 1. The summed E-state index contributed by atoms with van der Waals surface area (Å²) in [5.41, 5.74) is 1.48.